The summed E-state index contributed by atoms with van der Waals surface area (Å²) < 4.78 is 31.8. The average molecular weight is 313 g/mol. The second kappa shape index (κ2) is 6.87. The molecule has 0 aromatic heterocycles. The molecule has 1 saturated heterocycles. The summed E-state index contributed by atoms with van der Waals surface area (Å²) in [7, 11) is -1.85. The minimum absolute atomic E-state index is 0.265. The van der Waals surface area contributed by atoms with Crippen molar-refractivity contribution < 1.29 is 18.3 Å². The van der Waals surface area contributed by atoms with Gasteiger partial charge in [-0.15, -0.1) is 0 Å². The molecular weight excluding hydrogens is 290 g/mol. The van der Waals surface area contributed by atoms with Gasteiger partial charge in [0.25, 0.3) is 0 Å². The molecule has 0 bridgehead atoms. The molecule has 6 heteroatoms. The van der Waals surface area contributed by atoms with Crippen LogP contribution in [0.25, 0.3) is 0 Å². The Morgan fingerprint density at radius 3 is 2.38 bits per heavy atom. The van der Waals surface area contributed by atoms with Crippen molar-refractivity contribution in [1.82, 2.24) is 4.31 Å². The first-order valence-electron chi connectivity index (χ1n) is 7.23. The van der Waals surface area contributed by atoms with Crippen LogP contribution in [0, 0.1) is 5.92 Å². The zero-order chi connectivity index (χ0) is 15.5. The van der Waals surface area contributed by atoms with E-state index in [-0.39, 0.29) is 4.90 Å². The van der Waals surface area contributed by atoms with E-state index in [1.807, 2.05) is 0 Å². The number of nitrogens with zero attached hydrogens (tertiary/aromatic N) is 1. The average Bonchev–Trinajstić information content (AvgIpc) is 2.48. The Balaban J connectivity index is 2.08. The second-order valence-electron chi connectivity index (χ2n) is 5.59. The van der Waals surface area contributed by atoms with Crippen LogP contribution in [0.5, 0.6) is 0 Å². The molecule has 0 spiro atoms. The molecule has 0 radical (unpaired) electrons. The minimum atomic E-state index is -3.47. The third-order valence-corrected chi connectivity index (χ3v) is 5.76. The fourth-order valence-corrected chi connectivity index (χ4v) is 3.74. The summed E-state index contributed by atoms with van der Waals surface area (Å²) in [6, 6.07) is 6.41. The molecule has 0 saturated carbocycles. The highest BCUT2D eigenvalue weighted by atomic mass is 32.2. The zero-order valence-electron chi connectivity index (χ0n) is 12.5. The van der Waals surface area contributed by atoms with Gasteiger partial charge in [0.1, 0.15) is 0 Å². The van der Waals surface area contributed by atoms with Gasteiger partial charge in [0.05, 0.1) is 11.0 Å². The van der Waals surface area contributed by atoms with Crippen LogP contribution >= 0.6 is 0 Å². The van der Waals surface area contributed by atoms with E-state index < -0.39 is 16.1 Å². The first kappa shape index (κ1) is 16.4. The molecule has 1 aliphatic rings. The smallest absolute Gasteiger partial charge is 0.242 e. The number of aliphatic hydroxyl groups is 1. The highest BCUT2D eigenvalue weighted by Crippen LogP contribution is 2.22. The second-order valence-corrected chi connectivity index (χ2v) is 7.63. The molecule has 1 fully saturated rings. The van der Waals surface area contributed by atoms with Crippen LogP contribution < -0.4 is 0 Å². The molecule has 0 amide bonds. The number of aliphatic hydroxyl groups excluding tert-OH is 1. The quantitative estimate of drug-likeness (QED) is 0.900. The summed E-state index contributed by atoms with van der Waals surface area (Å²) in [6.45, 7) is 3.59. The van der Waals surface area contributed by atoms with E-state index in [2.05, 4.69) is 0 Å². The van der Waals surface area contributed by atoms with Crippen LogP contribution in [0.2, 0.25) is 0 Å². The number of ether oxygens (including phenoxy) is 1. The standard InChI is InChI=1S/C15H23NO4S/c1-12(17)14-3-5-15(6-4-14)21(18,19)16(2)11-13-7-9-20-10-8-13/h3-6,12-13,17H,7-11H2,1-2H3. The van der Waals surface area contributed by atoms with E-state index in [4.69, 9.17) is 4.74 Å². The van der Waals surface area contributed by atoms with Crippen LogP contribution in [-0.2, 0) is 14.8 Å². The van der Waals surface area contributed by atoms with Gasteiger partial charge in [-0.1, -0.05) is 12.1 Å². The van der Waals surface area contributed by atoms with Gasteiger partial charge in [-0.3, -0.25) is 0 Å². The number of rotatable bonds is 5. The van der Waals surface area contributed by atoms with E-state index in [1.165, 1.54) is 4.31 Å². The first-order valence-corrected chi connectivity index (χ1v) is 8.67. The molecule has 0 aliphatic carbocycles. The Morgan fingerprint density at radius 1 is 1.29 bits per heavy atom. The van der Waals surface area contributed by atoms with Crippen LogP contribution in [0.3, 0.4) is 0 Å². The van der Waals surface area contributed by atoms with E-state index in [1.54, 1.807) is 38.2 Å². The fraction of sp³-hybridized carbons (Fsp3) is 0.600. The maximum absolute atomic E-state index is 12.5. The van der Waals surface area contributed by atoms with Gasteiger partial charge >= 0.3 is 0 Å². The van der Waals surface area contributed by atoms with Gasteiger partial charge in [-0.2, -0.15) is 0 Å². The Kier molecular flexibility index (Phi) is 5.37. The van der Waals surface area contributed by atoms with Crippen molar-refractivity contribution in [3.05, 3.63) is 29.8 Å². The predicted molar refractivity (Wildman–Crippen MR) is 80.4 cm³/mol. The van der Waals surface area contributed by atoms with E-state index in [0.29, 0.717) is 31.2 Å². The van der Waals surface area contributed by atoms with Crippen LogP contribution in [-0.4, -0.2) is 44.6 Å². The monoisotopic (exact) mass is 313 g/mol. The normalized spacial score (nSPS) is 18.9. The van der Waals surface area contributed by atoms with Crippen molar-refractivity contribution in [2.45, 2.75) is 30.8 Å². The third-order valence-electron chi connectivity index (χ3n) is 3.93. The Bertz CT molecular complexity index is 548. The lowest BCUT2D eigenvalue weighted by Gasteiger charge is -2.26. The molecule has 1 atom stereocenters. The fourth-order valence-electron chi connectivity index (χ4n) is 2.49. The molecule has 5 nitrogen and oxygen atoms in total. The minimum Gasteiger partial charge on any atom is -0.389 e. The molecule has 118 valence electrons. The Hall–Kier alpha value is -0.950. The van der Waals surface area contributed by atoms with Crippen LogP contribution in [0.4, 0.5) is 0 Å². The highest BCUT2D eigenvalue weighted by molar-refractivity contribution is 7.89. The molecule has 1 aromatic carbocycles. The summed E-state index contributed by atoms with van der Waals surface area (Å²) in [5, 5.41) is 9.47. The summed E-state index contributed by atoms with van der Waals surface area (Å²) in [4.78, 5) is 0.265. The Morgan fingerprint density at radius 2 is 1.86 bits per heavy atom. The topological polar surface area (TPSA) is 66.8 Å². The lowest BCUT2D eigenvalue weighted by atomic mass is 10.0. The van der Waals surface area contributed by atoms with Gasteiger partial charge in [0.15, 0.2) is 0 Å². The highest BCUT2D eigenvalue weighted by Gasteiger charge is 2.25. The van der Waals surface area contributed by atoms with Gasteiger partial charge < -0.3 is 9.84 Å². The number of hydrogen-bond donors (Lipinski definition) is 1. The number of hydrogen-bond acceptors (Lipinski definition) is 4. The zero-order valence-corrected chi connectivity index (χ0v) is 13.3. The molecule has 1 aliphatic heterocycles. The summed E-state index contributed by atoms with van der Waals surface area (Å²) >= 11 is 0. The molecule has 1 unspecified atom stereocenters. The van der Waals surface area contributed by atoms with Crippen molar-refractivity contribution in [2.75, 3.05) is 26.8 Å². The van der Waals surface area contributed by atoms with E-state index in [9.17, 15) is 13.5 Å². The lowest BCUT2D eigenvalue weighted by Crippen LogP contribution is -2.34. The lowest BCUT2D eigenvalue weighted by molar-refractivity contribution is 0.0620. The summed E-state index contributed by atoms with van der Waals surface area (Å²) in [5.41, 5.74) is 0.709. The van der Waals surface area contributed by atoms with Gasteiger partial charge in [0, 0.05) is 26.8 Å². The van der Waals surface area contributed by atoms with Gasteiger partial charge in [0.2, 0.25) is 10.0 Å². The van der Waals surface area contributed by atoms with Crippen molar-refractivity contribution in [1.29, 1.82) is 0 Å². The van der Waals surface area contributed by atoms with Crippen molar-refractivity contribution in [3.63, 3.8) is 0 Å². The van der Waals surface area contributed by atoms with Gasteiger partial charge in [-0.05, 0) is 43.4 Å². The molecule has 1 heterocycles. The van der Waals surface area contributed by atoms with Crippen LogP contribution in [0.15, 0.2) is 29.2 Å². The molecule has 21 heavy (non-hydrogen) atoms. The molecule has 1 N–H and O–H groups in total. The summed E-state index contributed by atoms with van der Waals surface area (Å²) in [5.74, 6) is 0.357. The van der Waals surface area contributed by atoms with Crippen molar-refractivity contribution in [3.8, 4) is 0 Å². The number of benzene rings is 1. The van der Waals surface area contributed by atoms with Crippen molar-refractivity contribution >= 4 is 10.0 Å². The largest absolute Gasteiger partial charge is 0.389 e. The van der Waals surface area contributed by atoms with E-state index >= 15 is 0 Å². The Labute approximate surface area is 126 Å². The van der Waals surface area contributed by atoms with E-state index in [0.717, 1.165) is 12.8 Å². The van der Waals surface area contributed by atoms with Crippen molar-refractivity contribution in [2.24, 2.45) is 5.92 Å². The molecule has 1 aromatic rings. The SMILES string of the molecule is CC(O)c1ccc(S(=O)(=O)N(C)CC2CCOCC2)cc1. The summed E-state index contributed by atoms with van der Waals surface area (Å²) in [6.07, 6.45) is 1.21. The molecule has 2 rings (SSSR count). The third kappa shape index (κ3) is 4.03. The van der Waals surface area contributed by atoms with Crippen LogP contribution in [0.1, 0.15) is 31.4 Å². The maximum Gasteiger partial charge on any atom is 0.242 e. The first-order chi connectivity index (χ1) is 9.91. The molecular formula is C15H23NO4S. The number of sulfonamides is 1. The predicted octanol–water partition coefficient (Wildman–Crippen LogP) is 1.79. The maximum atomic E-state index is 12.5. The van der Waals surface area contributed by atoms with Gasteiger partial charge in [-0.25, -0.2) is 12.7 Å².